The molecule has 1 saturated heterocycles. The minimum absolute atomic E-state index is 0.104. The smallest absolute Gasteiger partial charge is 0.313 e. The van der Waals surface area contributed by atoms with E-state index in [-0.39, 0.29) is 11.9 Å². The van der Waals surface area contributed by atoms with Crippen LogP contribution in [0.5, 0.6) is 0 Å². The van der Waals surface area contributed by atoms with Gasteiger partial charge in [0.15, 0.2) is 0 Å². The summed E-state index contributed by atoms with van der Waals surface area (Å²) in [4.78, 5) is 28.7. The second-order valence-corrected chi connectivity index (χ2v) is 10.0. The van der Waals surface area contributed by atoms with Crippen LogP contribution in [0.2, 0.25) is 0 Å². The molecule has 0 radical (unpaired) electrons. The topological polar surface area (TPSA) is 66.8 Å². The lowest BCUT2D eigenvalue weighted by atomic mass is 9.48. The van der Waals surface area contributed by atoms with E-state index in [4.69, 9.17) is 4.74 Å². The number of hydrogen-bond acceptors (Lipinski definition) is 4. The van der Waals surface area contributed by atoms with Gasteiger partial charge in [-0.1, -0.05) is 30.3 Å². The molecule has 1 aromatic rings. The maximum absolute atomic E-state index is 13.5. The zero-order valence-electron chi connectivity index (χ0n) is 17.0. The largest absolute Gasteiger partial charge is 0.447 e. The molecule has 1 N–H and O–H groups in total. The van der Waals surface area contributed by atoms with Crippen molar-refractivity contribution in [1.29, 1.82) is 0 Å². The summed E-state index contributed by atoms with van der Waals surface area (Å²) in [6.45, 7) is 1.46. The summed E-state index contributed by atoms with van der Waals surface area (Å²) < 4.78 is 6.04. The van der Waals surface area contributed by atoms with Crippen LogP contribution in [0.25, 0.3) is 0 Å². The number of amides is 1. The Balaban J connectivity index is 1.40. The van der Waals surface area contributed by atoms with E-state index in [1.165, 1.54) is 0 Å². The molecular weight excluding hydrogens is 366 g/mol. The van der Waals surface area contributed by atoms with Crippen molar-refractivity contribution < 1.29 is 19.4 Å². The number of esters is 1. The average Bonchev–Trinajstić information content (AvgIpc) is 2.71. The third kappa shape index (κ3) is 3.48. The van der Waals surface area contributed by atoms with E-state index >= 15 is 0 Å². The molecule has 1 aromatic carbocycles. The van der Waals surface area contributed by atoms with Gasteiger partial charge < -0.3 is 14.7 Å². The summed E-state index contributed by atoms with van der Waals surface area (Å²) in [5, 5.41) is 11.0. The highest BCUT2D eigenvalue weighted by atomic mass is 16.5. The van der Waals surface area contributed by atoms with Crippen molar-refractivity contribution in [2.75, 3.05) is 13.1 Å². The van der Waals surface area contributed by atoms with E-state index in [0.717, 1.165) is 70.0 Å². The second kappa shape index (κ2) is 7.12. The summed E-state index contributed by atoms with van der Waals surface area (Å²) in [6, 6.07) is 9.41. The van der Waals surface area contributed by atoms with Crippen molar-refractivity contribution in [3.05, 3.63) is 35.9 Å². The molecule has 5 nitrogen and oxygen atoms in total. The van der Waals surface area contributed by atoms with Gasteiger partial charge in [0, 0.05) is 18.7 Å². The Labute approximate surface area is 172 Å². The lowest BCUT2D eigenvalue weighted by Crippen LogP contribution is -2.58. The number of likely N-dealkylation sites (tertiary alicyclic amines) is 1. The zero-order valence-corrected chi connectivity index (χ0v) is 17.0. The minimum atomic E-state index is -0.885. The molecule has 2 unspecified atom stereocenters. The molecule has 6 rings (SSSR count). The number of hydrogen-bond donors (Lipinski definition) is 1. The number of aliphatic hydroxyl groups is 1. The van der Waals surface area contributed by atoms with E-state index in [1.807, 2.05) is 35.2 Å². The SMILES string of the molecule is O=C([C@@H](OC(=O)C12C[C@@H]3C[C@@H](CC(O)(C3)C1)C2)c1ccccc1)N1CCCCC1. The number of carbonyl (C=O) groups excluding carboxylic acids is 2. The van der Waals surface area contributed by atoms with Crippen LogP contribution >= 0.6 is 0 Å². The fourth-order valence-corrected chi connectivity index (χ4v) is 6.85. The third-order valence-electron chi connectivity index (χ3n) is 7.68. The van der Waals surface area contributed by atoms with Crippen molar-refractivity contribution in [2.24, 2.45) is 17.3 Å². The predicted octanol–water partition coefficient (Wildman–Crippen LogP) is 3.61. The maximum Gasteiger partial charge on any atom is 0.313 e. The number of benzene rings is 1. The molecule has 156 valence electrons. The standard InChI is InChI=1S/C24H31NO4/c26-21(25-9-5-2-6-10-25)20(19-7-3-1-4-8-19)29-22(27)23-12-17-11-18(13-23)15-24(28,14-17)16-23/h1,3-4,7-8,17-18,20,28H,2,5-6,9-16H2/t17-,18+,20-,23?,24?/m0/s1. The molecule has 0 spiro atoms. The molecular formula is C24H31NO4. The van der Waals surface area contributed by atoms with Crippen LogP contribution in [0.3, 0.4) is 0 Å². The van der Waals surface area contributed by atoms with Crippen LogP contribution in [0.1, 0.15) is 69.5 Å². The molecule has 5 atom stereocenters. The normalized spacial score (nSPS) is 36.7. The predicted molar refractivity (Wildman–Crippen MR) is 108 cm³/mol. The number of ether oxygens (including phenoxy) is 1. The summed E-state index contributed by atoms with van der Waals surface area (Å²) in [5.41, 5.74) is -0.601. The zero-order chi connectivity index (χ0) is 20.1. The first-order valence-electron chi connectivity index (χ1n) is 11.2. The number of rotatable bonds is 4. The van der Waals surface area contributed by atoms with Gasteiger partial charge in [-0.15, -0.1) is 0 Å². The van der Waals surface area contributed by atoms with Crippen molar-refractivity contribution >= 4 is 11.9 Å². The average molecular weight is 398 g/mol. The number of carbonyl (C=O) groups is 2. The van der Waals surface area contributed by atoms with Gasteiger partial charge in [-0.3, -0.25) is 9.59 Å². The molecule has 0 aromatic heterocycles. The molecule has 4 saturated carbocycles. The van der Waals surface area contributed by atoms with Crippen molar-refractivity contribution in [3.8, 4) is 0 Å². The lowest BCUT2D eigenvalue weighted by molar-refractivity contribution is -0.202. The number of nitrogens with zero attached hydrogens (tertiary/aromatic N) is 1. The quantitative estimate of drug-likeness (QED) is 0.788. The Hall–Kier alpha value is -1.88. The molecule has 5 fully saturated rings. The molecule has 1 amide bonds. The highest BCUT2D eigenvalue weighted by molar-refractivity contribution is 5.87. The van der Waals surface area contributed by atoms with Crippen LogP contribution in [-0.4, -0.2) is 40.6 Å². The van der Waals surface area contributed by atoms with Crippen LogP contribution in [-0.2, 0) is 14.3 Å². The van der Waals surface area contributed by atoms with E-state index in [1.54, 1.807) is 0 Å². The van der Waals surface area contributed by atoms with Gasteiger partial charge in [0.1, 0.15) is 0 Å². The summed E-state index contributed by atoms with van der Waals surface area (Å²) >= 11 is 0. The Bertz CT molecular complexity index is 771. The molecule has 4 aliphatic carbocycles. The summed E-state index contributed by atoms with van der Waals surface area (Å²) in [6.07, 6.45) is 7.09. The van der Waals surface area contributed by atoms with Gasteiger partial charge in [-0.05, 0) is 69.6 Å². The van der Waals surface area contributed by atoms with Crippen LogP contribution < -0.4 is 0 Å². The lowest BCUT2D eigenvalue weighted by Gasteiger charge is -2.58. The van der Waals surface area contributed by atoms with Crippen LogP contribution in [0.15, 0.2) is 30.3 Å². The van der Waals surface area contributed by atoms with E-state index in [2.05, 4.69) is 0 Å². The minimum Gasteiger partial charge on any atom is -0.447 e. The fraction of sp³-hybridized carbons (Fsp3) is 0.667. The molecule has 1 heterocycles. The van der Waals surface area contributed by atoms with Crippen LogP contribution in [0.4, 0.5) is 0 Å². The Morgan fingerprint density at radius 1 is 1.00 bits per heavy atom. The first kappa shape index (κ1) is 19.1. The second-order valence-electron chi connectivity index (χ2n) is 10.0. The molecule has 4 bridgehead atoms. The first-order chi connectivity index (χ1) is 14.0. The Morgan fingerprint density at radius 2 is 1.66 bits per heavy atom. The highest BCUT2D eigenvalue weighted by Gasteiger charge is 2.61. The van der Waals surface area contributed by atoms with Crippen molar-refractivity contribution in [3.63, 3.8) is 0 Å². The van der Waals surface area contributed by atoms with Gasteiger partial charge in [-0.25, -0.2) is 0 Å². The van der Waals surface area contributed by atoms with E-state index in [0.29, 0.717) is 18.3 Å². The van der Waals surface area contributed by atoms with Crippen molar-refractivity contribution in [2.45, 2.75) is 69.5 Å². The van der Waals surface area contributed by atoms with Crippen LogP contribution in [0, 0.1) is 17.3 Å². The highest BCUT2D eigenvalue weighted by Crippen LogP contribution is 2.62. The molecule has 29 heavy (non-hydrogen) atoms. The first-order valence-corrected chi connectivity index (χ1v) is 11.2. The van der Waals surface area contributed by atoms with E-state index < -0.39 is 17.1 Å². The van der Waals surface area contributed by atoms with Gasteiger partial charge in [-0.2, -0.15) is 0 Å². The summed E-state index contributed by atoms with van der Waals surface area (Å²) in [7, 11) is 0. The Kier molecular flexibility index (Phi) is 4.69. The fourth-order valence-electron chi connectivity index (χ4n) is 6.85. The molecule has 5 aliphatic rings. The summed E-state index contributed by atoms with van der Waals surface area (Å²) in [5.74, 6) is 0.431. The van der Waals surface area contributed by atoms with E-state index in [9.17, 15) is 14.7 Å². The maximum atomic E-state index is 13.5. The Morgan fingerprint density at radius 3 is 2.28 bits per heavy atom. The molecule has 5 heteroatoms. The monoisotopic (exact) mass is 397 g/mol. The van der Waals surface area contributed by atoms with Gasteiger partial charge in [0.25, 0.3) is 5.91 Å². The number of piperidine rings is 1. The van der Waals surface area contributed by atoms with Gasteiger partial charge in [0.2, 0.25) is 6.10 Å². The van der Waals surface area contributed by atoms with Gasteiger partial charge >= 0.3 is 5.97 Å². The van der Waals surface area contributed by atoms with Crippen molar-refractivity contribution in [1.82, 2.24) is 4.90 Å². The molecule has 1 aliphatic heterocycles. The van der Waals surface area contributed by atoms with Gasteiger partial charge in [0.05, 0.1) is 11.0 Å². The third-order valence-corrected chi connectivity index (χ3v) is 7.68.